The number of nitrogens with one attached hydrogen (secondary N) is 2. The van der Waals surface area contributed by atoms with Crippen LogP contribution >= 0.6 is 0 Å². The highest BCUT2D eigenvalue weighted by Gasteiger charge is 2.30. The molecule has 2 aromatic rings. The average Bonchev–Trinajstić information content (AvgIpc) is 2.86. The van der Waals surface area contributed by atoms with E-state index in [1.807, 2.05) is 42.5 Å². The second-order valence-corrected chi connectivity index (χ2v) is 9.64. The molecule has 6 nitrogen and oxygen atoms in total. The minimum absolute atomic E-state index is 0.0802. The average molecular weight is 507 g/mol. The fourth-order valence-corrected chi connectivity index (χ4v) is 3.80. The first-order valence-corrected chi connectivity index (χ1v) is 12.1. The summed E-state index contributed by atoms with van der Waals surface area (Å²) in [6, 6.07) is 15.6. The molecule has 7 heteroatoms. The lowest BCUT2D eigenvalue weighted by Gasteiger charge is -2.30. The van der Waals surface area contributed by atoms with Crippen molar-refractivity contribution >= 4 is 17.8 Å². The van der Waals surface area contributed by atoms with Gasteiger partial charge in [-0.25, -0.2) is 4.39 Å². The molecule has 2 atom stereocenters. The molecule has 0 radical (unpaired) electrons. The Morgan fingerprint density at radius 1 is 1.03 bits per heavy atom. The molecular weight excluding hydrogens is 471 g/mol. The number of benzene rings is 2. The smallest absolute Gasteiger partial charge is 0.306 e. The molecule has 0 fully saturated rings. The van der Waals surface area contributed by atoms with Gasteiger partial charge in [-0.2, -0.15) is 0 Å². The molecule has 0 saturated carbocycles. The number of rotatable bonds is 12. The molecule has 0 aromatic heterocycles. The first-order valence-electron chi connectivity index (χ1n) is 12.1. The van der Waals surface area contributed by atoms with Crippen molar-refractivity contribution in [2.75, 3.05) is 0 Å². The van der Waals surface area contributed by atoms with Gasteiger partial charge in [0.2, 0.25) is 5.91 Å². The summed E-state index contributed by atoms with van der Waals surface area (Å²) in [4.78, 5) is 37.7. The fourth-order valence-electron chi connectivity index (χ4n) is 3.80. The minimum Gasteiger partial charge on any atom is -0.481 e. The zero-order valence-corrected chi connectivity index (χ0v) is 21.8. The van der Waals surface area contributed by atoms with E-state index in [-0.39, 0.29) is 6.42 Å². The van der Waals surface area contributed by atoms with Crippen molar-refractivity contribution in [2.45, 2.75) is 52.1 Å². The van der Waals surface area contributed by atoms with E-state index in [0.29, 0.717) is 12.0 Å². The largest absolute Gasteiger partial charge is 0.481 e. The van der Waals surface area contributed by atoms with Gasteiger partial charge in [0.05, 0.1) is 5.92 Å². The summed E-state index contributed by atoms with van der Waals surface area (Å²) in [7, 11) is 0. The summed E-state index contributed by atoms with van der Waals surface area (Å²) in [6.45, 7) is 10.1. The Balaban J connectivity index is 2.18. The van der Waals surface area contributed by atoms with E-state index in [4.69, 9.17) is 0 Å². The van der Waals surface area contributed by atoms with E-state index >= 15 is 0 Å². The molecular formula is C30H35FN2O4. The van der Waals surface area contributed by atoms with Crippen molar-refractivity contribution in [3.8, 4) is 11.1 Å². The zero-order valence-electron chi connectivity index (χ0n) is 21.8. The second kappa shape index (κ2) is 13.3. The maximum Gasteiger partial charge on any atom is 0.306 e. The van der Waals surface area contributed by atoms with E-state index in [1.165, 1.54) is 13.0 Å². The monoisotopic (exact) mass is 506 g/mol. The predicted octanol–water partition coefficient (Wildman–Crippen LogP) is 5.83. The fraction of sp³-hybridized carbons (Fsp3) is 0.300. The van der Waals surface area contributed by atoms with E-state index in [0.717, 1.165) is 16.7 Å². The van der Waals surface area contributed by atoms with Crippen LogP contribution in [0.1, 0.15) is 50.9 Å². The van der Waals surface area contributed by atoms with Gasteiger partial charge in [-0.1, -0.05) is 68.1 Å². The summed E-state index contributed by atoms with van der Waals surface area (Å²) in [5.41, 5.74) is 2.33. The summed E-state index contributed by atoms with van der Waals surface area (Å²) in [5, 5.41) is 15.0. The molecule has 0 aliphatic heterocycles. The van der Waals surface area contributed by atoms with Gasteiger partial charge in [0.1, 0.15) is 11.9 Å². The van der Waals surface area contributed by atoms with Gasteiger partial charge in [0.25, 0.3) is 5.91 Å². The third kappa shape index (κ3) is 9.52. The predicted molar refractivity (Wildman–Crippen MR) is 145 cm³/mol. The van der Waals surface area contributed by atoms with Crippen LogP contribution in [-0.2, 0) is 9.59 Å². The van der Waals surface area contributed by atoms with E-state index in [9.17, 15) is 23.9 Å². The van der Waals surface area contributed by atoms with Crippen molar-refractivity contribution in [1.29, 1.82) is 0 Å². The van der Waals surface area contributed by atoms with Crippen molar-refractivity contribution in [1.82, 2.24) is 10.6 Å². The van der Waals surface area contributed by atoms with Crippen molar-refractivity contribution in [3.63, 3.8) is 0 Å². The summed E-state index contributed by atoms with van der Waals surface area (Å²) in [6.07, 6.45) is 4.94. The molecule has 196 valence electrons. The molecule has 2 amide bonds. The molecule has 37 heavy (non-hydrogen) atoms. The molecule has 0 aliphatic carbocycles. The number of carbonyl (C=O) groups excluding carboxylic acids is 2. The second-order valence-electron chi connectivity index (χ2n) is 9.64. The van der Waals surface area contributed by atoms with Gasteiger partial charge in [-0.3, -0.25) is 14.4 Å². The quantitative estimate of drug-likeness (QED) is 0.316. The third-order valence-electron chi connectivity index (χ3n) is 5.84. The van der Waals surface area contributed by atoms with Gasteiger partial charge in [-0.15, -0.1) is 0 Å². The zero-order chi connectivity index (χ0) is 27.6. The topological polar surface area (TPSA) is 95.5 Å². The Morgan fingerprint density at radius 3 is 2.16 bits per heavy atom. The molecule has 0 aliphatic rings. The molecule has 0 bridgehead atoms. The highest BCUT2D eigenvalue weighted by molar-refractivity contribution is 5.98. The van der Waals surface area contributed by atoms with Gasteiger partial charge >= 0.3 is 5.97 Å². The van der Waals surface area contributed by atoms with Crippen LogP contribution in [0.25, 0.3) is 11.1 Å². The maximum atomic E-state index is 13.2. The van der Waals surface area contributed by atoms with Gasteiger partial charge in [0.15, 0.2) is 0 Å². The van der Waals surface area contributed by atoms with Crippen molar-refractivity contribution in [2.24, 2.45) is 5.92 Å². The van der Waals surface area contributed by atoms with Crippen molar-refractivity contribution in [3.05, 3.63) is 96.4 Å². The summed E-state index contributed by atoms with van der Waals surface area (Å²) >= 11 is 0. The highest BCUT2D eigenvalue weighted by atomic mass is 19.1. The Kier molecular flexibility index (Phi) is 10.5. The van der Waals surface area contributed by atoms with Crippen LogP contribution in [-0.4, -0.2) is 34.5 Å². The SMILES string of the molecule is C=C(F)/C=C\C(=C/C)CC(C)(C)NC(=O)[C@H](C[C@H](C)C(=O)O)NC(=O)c1ccc(-c2ccccc2)cc1. The van der Waals surface area contributed by atoms with Crippen LogP contribution in [0, 0.1) is 5.92 Å². The Labute approximate surface area is 218 Å². The number of hydrogen-bond donors (Lipinski definition) is 3. The number of carboxylic acids is 1. The summed E-state index contributed by atoms with van der Waals surface area (Å²) in [5.74, 6) is -3.48. The van der Waals surface area contributed by atoms with Gasteiger partial charge in [0, 0.05) is 11.1 Å². The molecule has 0 heterocycles. The number of carboxylic acid groups (broad SMARTS) is 1. The van der Waals surface area contributed by atoms with Crippen LogP contribution < -0.4 is 10.6 Å². The highest BCUT2D eigenvalue weighted by Crippen LogP contribution is 2.21. The lowest BCUT2D eigenvalue weighted by atomic mass is 9.92. The van der Waals surface area contributed by atoms with Crippen LogP contribution in [0.2, 0.25) is 0 Å². The Morgan fingerprint density at radius 2 is 1.62 bits per heavy atom. The van der Waals surface area contributed by atoms with Crippen LogP contribution in [0.4, 0.5) is 4.39 Å². The lowest BCUT2D eigenvalue weighted by molar-refractivity contribution is -0.141. The third-order valence-corrected chi connectivity index (χ3v) is 5.84. The van der Waals surface area contributed by atoms with Crippen LogP contribution in [0.3, 0.4) is 0 Å². The molecule has 0 spiro atoms. The van der Waals surface area contributed by atoms with Crippen molar-refractivity contribution < 1.29 is 23.9 Å². The normalized spacial score (nSPS) is 13.6. The van der Waals surface area contributed by atoms with Crippen LogP contribution in [0.15, 0.2) is 90.8 Å². The molecule has 0 saturated heterocycles. The molecule has 3 N–H and O–H groups in total. The Hall–Kier alpha value is -4.00. The van der Waals surface area contributed by atoms with E-state index in [1.54, 1.807) is 45.1 Å². The number of carbonyl (C=O) groups is 3. The molecule has 0 unspecified atom stereocenters. The standard InChI is InChI=1S/C30H35FN2O4/c1-6-22(13-12-21(3)31)19-30(4,5)33-28(35)26(18-20(2)29(36)37)32-27(34)25-16-14-24(15-17-25)23-10-8-7-9-11-23/h6-17,20,26H,3,18-19H2,1-2,4-5H3,(H,32,34)(H,33,35)(H,36,37)/b13-12-,22-6+/t20-,26-/m0/s1. The number of aliphatic carboxylic acids is 1. The number of hydrogen-bond acceptors (Lipinski definition) is 3. The minimum atomic E-state index is -1.07. The lowest BCUT2D eigenvalue weighted by Crippen LogP contribution is -2.54. The van der Waals surface area contributed by atoms with E-state index < -0.39 is 41.1 Å². The van der Waals surface area contributed by atoms with E-state index in [2.05, 4.69) is 17.2 Å². The van der Waals surface area contributed by atoms with Gasteiger partial charge < -0.3 is 15.7 Å². The number of allylic oxidation sites excluding steroid dienone is 4. The molecule has 2 aromatic carbocycles. The number of halogens is 1. The first-order chi connectivity index (χ1) is 17.4. The summed E-state index contributed by atoms with van der Waals surface area (Å²) < 4.78 is 13.0. The Bertz CT molecular complexity index is 1170. The molecule has 2 rings (SSSR count). The maximum absolute atomic E-state index is 13.2. The van der Waals surface area contributed by atoms with Crippen LogP contribution in [0.5, 0.6) is 0 Å². The van der Waals surface area contributed by atoms with Gasteiger partial charge in [-0.05, 0) is 68.5 Å². The first kappa shape index (κ1) is 29.2. The number of amides is 2.